The maximum Gasteiger partial charge on any atom is 0.293 e. The summed E-state index contributed by atoms with van der Waals surface area (Å²) in [5.74, 6) is 0. The molecule has 7 heteroatoms. The van der Waals surface area contributed by atoms with Gasteiger partial charge in [0.25, 0.3) is 5.69 Å². The highest BCUT2D eigenvalue weighted by Crippen LogP contribution is 2.31. The van der Waals surface area contributed by atoms with E-state index in [0.29, 0.717) is 10.7 Å². The molecule has 0 radical (unpaired) electrons. The average Bonchev–Trinajstić information content (AvgIpc) is 2.78. The summed E-state index contributed by atoms with van der Waals surface area (Å²) in [6.07, 6.45) is 0. The predicted octanol–water partition coefficient (Wildman–Crippen LogP) is 4.19. The van der Waals surface area contributed by atoms with Crippen molar-refractivity contribution in [2.75, 3.05) is 5.32 Å². The summed E-state index contributed by atoms with van der Waals surface area (Å²) in [6.45, 7) is 3.83. The molecule has 5 nitrogen and oxygen atoms in total. The minimum atomic E-state index is -0.450. The van der Waals surface area contributed by atoms with E-state index in [1.54, 1.807) is 12.1 Å². The van der Waals surface area contributed by atoms with Crippen LogP contribution in [0, 0.1) is 17.0 Å². The third-order valence-corrected chi connectivity index (χ3v) is 3.92. The van der Waals surface area contributed by atoms with Crippen LogP contribution in [0.4, 0.5) is 11.4 Å². The first-order chi connectivity index (χ1) is 8.97. The van der Waals surface area contributed by atoms with Crippen LogP contribution >= 0.6 is 22.9 Å². The summed E-state index contributed by atoms with van der Waals surface area (Å²) in [5, 5.41) is 17.3. The molecule has 1 heterocycles. The molecule has 0 aliphatic rings. The van der Waals surface area contributed by atoms with Gasteiger partial charge in [0.1, 0.15) is 10.7 Å². The summed E-state index contributed by atoms with van der Waals surface area (Å²) in [4.78, 5) is 14.9. The van der Waals surface area contributed by atoms with Crippen molar-refractivity contribution in [3.8, 4) is 0 Å². The van der Waals surface area contributed by atoms with Crippen LogP contribution in [0.5, 0.6) is 0 Å². The highest BCUT2D eigenvalue weighted by atomic mass is 35.5. The van der Waals surface area contributed by atoms with E-state index in [4.69, 9.17) is 11.6 Å². The Hall–Kier alpha value is -1.66. The molecule has 0 fully saturated rings. The number of aryl methyl sites for hydroxylation is 1. The highest BCUT2D eigenvalue weighted by Gasteiger charge is 2.17. The van der Waals surface area contributed by atoms with Crippen LogP contribution in [0.15, 0.2) is 23.6 Å². The van der Waals surface area contributed by atoms with Gasteiger partial charge >= 0.3 is 0 Å². The summed E-state index contributed by atoms with van der Waals surface area (Å²) >= 11 is 7.30. The van der Waals surface area contributed by atoms with Crippen molar-refractivity contribution in [1.82, 2.24) is 4.98 Å². The first-order valence-corrected chi connectivity index (χ1v) is 6.85. The number of hydrogen-bond acceptors (Lipinski definition) is 5. The number of hydrogen-bond donors (Lipinski definition) is 1. The fraction of sp³-hybridized carbons (Fsp3) is 0.250. The normalized spacial score (nSPS) is 12.2. The summed E-state index contributed by atoms with van der Waals surface area (Å²) in [5.41, 5.74) is 1.35. The van der Waals surface area contributed by atoms with Crippen LogP contribution < -0.4 is 5.32 Å². The lowest BCUT2D eigenvalue weighted by molar-refractivity contribution is -0.384. The van der Waals surface area contributed by atoms with Crippen molar-refractivity contribution >= 4 is 34.3 Å². The van der Waals surface area contributed by atoms with Gasteiger partial charge in [0, 0.05) is 22.2 Å². The number of nitrogens with zero attached hydrogens (tertiary/aromatic N) is 2. The summed E-state index contributed by atoms with van der Waals surface area (Å²) < 4.78 is 0. The molecule has 1 N–H and O–H groups in total. The fourth-order valence-corrected chi connectivity index (χ4v) is 2.61. The molecular formula is C12H12ClN3O2S. The van der Waals surface area contributed by atoms with Gasteiger partial charge in [0.05, 0.1) is 11.0 Å². The zero-order valence-corrected chi connectivity index (χ0v) is 12.0. The number of aromatic nitrogens is 1. The number of benzene rings is 1. The van der Waals surface area contributed by atoms with Gasteiger partial charge in [-0.25, -0.2) is 4.98 Å². The standard InChI is InChI=1S/C12H12ClN3O2S/c1-7-6-19-12(14-7)8(2)15-10-4-3-9(13)5-11(10)16(17)18/h3-6,8,15H,1-2H3. The van der Waals surface area contributed by atoms with Gasteiger partial charge in [-0.3, -0.25) is 10.1 Å². The SMILES string of the molecule is Cc1csc(C(C)Nc2ccc(Cl)cc2[N+](=O)[O-])n1. The molecule has 0 saturated heterocycles. The van der Waals surface area contributed by atoms with Crippen molar-refractivity contribution in [2.45, 2.75) is 19.9 Å². The van der Waals surface area contributed by atoms with Gasteiger partial charge in [0.15, 0.2) is 0 Å². The Balaban J connectivity index is 2.26. The van der Waals surface area contributed by atoms with Crippen molar-refractivity contribution in [3.05, 3.63) is 49.4 Å². The number of halogens is 1. The second-order valence-corrected chi connectivity index (χ2v) is 5.44. The number of rotatable bonds is 4. The molecule has 2 aromatic rings. The minimum absolute atomic E-state index is 0.0346. The van der Waals surface area contributed by atoms with Crippen LogP contribution in [0.2, 0.25) is 5.02 Å². The molecule has 1 aromatic carbocycles. The molecular weight excluding hydrogens is 286 g/mol. The zero-order valence-electron chi connectivity index (χ0n) is 10.4. The molecule has 0 aliphatic heterocycles. The van der Waals surface area contributed by atoms with Crippen molar-refractivity contribution in [3.63, 3.8) is 0 Å². The molecule has 1 atom stereocenters. The third-order valence-electron chi connectivity index (χ3n) is 2.54. The quantitative estimate of drug-likeness (QED) is 0.679. The van der Waals surface area contributed by atoms with Gasteiger partial charge in [-0.05, 0) is 26.0 Å². The van der Waals surface area contributed by atoms with Gasteiger partial charge in [-0.1, -0.05) is 11.6 Å². The lowest BCUT2D eigenvalue weighted by atomic mass is 10.2. The van der Waals surface area contributed by atoms with Crippen LogP contribution in [-0.2, 0) is 0 Å². The molecule has 0 aliphatic carbocycles. The number of nitrogens with one attached hydrogen (secondary N) is 1. The number of nitro benzene ring substituents is 1. The molecule has 1 unspecified atom stereocenters. The lowest BCUT2D eigenvalue weighted by Crippen LogP contribution is -2.08. The van der Waals surface area contributed by atoms with Gasteiger partial charge < -0.3 is 5.32 Å². The van der Waals surface area contributed by atoms with Gasteiger partial charge in [-0.15, -0.1) is 11.3 Å². The topological polar surface area (TPSA) is 68.1 Å². The Morgan fingerprint density at radius 2 is 2.26 bits per heavy atom. The highest BCUT2D eigenvalue weighted by molar-refractivity contribution is 7.09. The van der Waals surface area contributed by atoms with E-state index in [-0.39, 0.29) is 11.7 Å². The van der Waals surface area contributed by atoms with E-state index in [1.807, 2.05) is 19.2 Å². The first-order valence-electron chi connectivity index (χ1n) is 5.60. The van der Waals surface area contributed by atoms with E-state index in [2.05, 4.69) is 10.3 Å². The lowest BCUT2D eigenvalue weighted by Gasteiger charge is -2.12. The van der Waals surface area contributed by atoms with E-state index in [0.717, 1.165) is 10.7 Å². The number of nitro groups is 1. The molecule has 100 valence electrons. The second kappa shape index (κ2) is 5.54. The summed E-state index contributed by atoms with van der Waals surface area (Å²) in [6, 6.07) is 4.47. The number of anilines is 1. The molecule has 0 amide bonds. The Morgan fingerprint density at radius 1 is 1.53 bits per heavy atom. The fourth-order valence-electron chi connectivity index (χ4n) is 1.64. The predicted molar refractivity (Wildman–Crippen MR) is 77.0 cm³/mol. The Kier molecular flexibility index (Phi) is 4.01. The van der Waals surface area contributed by atoms with Crippen molar-refractivity contribution in [2.24, 2.45) is 0 Å². The van der Waals surface area contributed by atoms with Gasteiger partial charge in [0.2, 0.25) is 0 Å². The van der Waals surface area contributed by atoms with Crippen molar-refractivity contribution < 1.29 is 4.92 Å². The monoisotopic (exact) mass is 297 g/mol. The third kappa shape index (κ3) is 3.21. The molecule has 0 bridgehead atoms. The maximum atomic E-state index is 11.0. The van der Waals surface area contributed by atoms with Gasteiger partial charge in [-0.2, -0.15) is 0 Å². The zero-order chi connectivity index (χ0) is 14.0. The van der Waals surface area contributed by atoms with E-state index < -0.39 is 4.92 Å². The first kappa shape index (κ1) is 13.8. The maximum absolute atomic E-state index is 11.0. The molecule has 0 spiro atoms. The Bertz CT molecular complexity index is 615. The minimum Gasteiger partial charge on any atom is -0.371 e. The Morgan fingerprint density at radius 3 is 2.84 bits per heavy atom. The Labute approximate surface area is 119 Å². The van der Waals surface area contributed by atoms with Crippen molar-refractivity contribution in [1.29, 1.82) is 0 Å². The van der Waals surface area contributed by atoms with E-state index in [1.165, 1.54) is 17.4 Å². The van der Waals surface area contributed by atoms with Crippen LogP contribution in [0.1, 0.15) is 23.7 Å². The molecule has 19 heavy (non-hydrogen) atoms. The molecule has 0 saturated carbocycles. The average molecular weight is 298 g/mol. The van der Waals surface area contributed by atoms with Crippen LogP contribution in [0.3, 0.4) is 0 Å². The van der Waals surface area contributed by atoms with E-state index in [9.17, 15) is 10.1 Å². The van der Waals surface area contributed by atoms with Crippen LogP contribution in [0.25, 0.3) is 0 Å². The summed E-state index contributed by atoms with van der Waals surface area (Å²) in [7, 11) is 0. The molecule has 2 rings (SSSR count). The number of thiazole rings is 1. The largest absolute Gasteiger partial charge is 0.371 e. The smallest absolute Gasteiger partial charge is 0.293 e. The van der Waals surface area contributed by atoms with Crippen LogP contribution in [-0.4, -0.2) is 9.91 Å². The van der Waals surface area contributed by atoms with E-state index >= 15 is 0 Å². The molecule has 1 aromatic heterocycles. The second-order valence-electron chi connectivity index (χ2n) is 4.11.